The van der Waals surface area contributed by atoms with E-state index >= 15 is 8.78 Å². The number of nitrogens with two attached hydrogens (primary N) is 1. The number of nitrogen functional groups attached to an aromatic ring is 1. The molecule has 7 rings (SSSR count). The first kappa shape index (κ1) is 27.6. The summed E-state index contributed by atoms with van der Waals surface area (Å²) in [5.41, 5.74) is 1.95. The number of ether oxygens (including phenoxy) is 1. The van der Waals surface area contributed by atoms with Crippen LogP contribution in [-0.4, -0.2) is 78.1 Å². The van der Waals surface area contributed by atoms with Gasteiger partial charge in [0.05, 0.1) is 27.7 Å². The Kier molecular flexibility index (Phi) is 6.32. The van der Waals surface area contributed by atoms with Gasteiger partial charge in [-0.3, -0.25) is 9.91 Å². The number of fused-ring (bicyclic) bond motifs is 3. The molecule has 0 saturated carbocycles. The number of alkyl halides is 5. The normalized spacial score (nSPS) is 30.8. The second-order valence-corrected chi connectivity index (χ2v) is 11.7. The quantitative estimate of drug-likeness (QED) is 0.371. The van der Waals surface area contributed by atoms with E-state index in [-0.39, 0.29) is 61.3 Å². The van der Waals surface area contributed by atoms with E-state index < -0.39 is 63.2 Å². The number of halogens is 7. The summed E-state index contributed by atoms with van der Waals surface area (Å²) in [7, 11) is 0. The van der Waals surface area contributed by atoms with Gasteiger partial charge >= 0.3 is 12.2 Å². The average molecular weight is 615 g/mol. The fourth-order valence-corrected chi connectivity index (χ4v) is 7.39. The molecule has 1 aromatic rings. The van der Waals surface area contributed by atoms with E-state index in [4.69, 9.17) is 26.9 Å². The number of nitrogens with zero attached hydrogens (tertiary/aromatic N) is 5. The van der Waals surface area contributed by atoms with Gasteiger partial charge in [-0.05, 0) is 31.5 Å². The van der Waals surface area contributed by atoms with Crippen LogP contribution in [-0.2, 0) is 15.8 Å². The maximum absolute atomic E-state index is 16.8. The molecule has 224 valence electrons. The summed E-state index contributed by atoms with van der Waals surface area (Å²) < 4.78 is 95.6. The van der Waals surface area contributed by atoms with E-state index in [2.05, 4.69) is 15.2 Å². The zero-order valence-corrected chi connectivity index (χ0v) is 22.8. The molecule has 0 aromatic heterocycles. The van der Waals surface area contributed by atoms with Crippen molar-refractivity contribution < 1.29 is 35.9 Å². The Morgan fingerprint density at radius 2 is 2.02 bits per heavy atom. The summed E-state index contributed by atoms with van der Waals surface area (Å²) in [6.07, 6.45) is -5.76. The molecule has 2 unspecified atom stereocenters. The second kappa shape index (κ2) is 9.63. The van der Waals surface area contributed by atoms with E-state index in [9.17, 15) is 17.6 Å². The molecule has 15 heteroatoms. The Labute approximate surface area is 241 Å². The van der Waals surface area contributed by atoms with Crippen LogP contribution in [0, 0.1) is 5.92 Å². The third-order valence-electron chi connectivity index (χ3n) is 8.79. The maximum Gasteiger partial charge on any atom is 0.418 e. The third kappa shape index (κ3) is 4.20. The zero-order valence-electron chi connectivity index (χ0n) is 22.0. The van der Waals surface area contributed by atoms with Crippen molar-refractivity contribution in [2.75, 3.05) is 38.6 Å². The van der Waals surface area contributed by atoms with Gasteiger partial charge in [-0.15, -0.1) is 5.10 Å². The first-order chi connectivity index (χ1) is 20.0. The lowest BCUT2D eigenvalue weighted by molar-refractivity contribution is -0.137. The van der Waals surface area contributed by atoms with Crippen LogP contribution in [0.1, 0.15) is 36.8 Å². The molecule has 0 spiro atoms. The van der Waals surface area contributed by atoms with Crippen LogP contribution in [0.25, 0.3) is 5.57 Å². The Bertz CT molecular complexity index is 1520. The number of anilines is 1. The number of benzene rings is 1. The van der Waals surface area contributed by atoms with Gasteiger partial charge < -0.3 is 15.3 Å². The summed E-state index contributed by atoms with van der Waals surface area (Å²) in [5.74, 6) is -2.22. The fourth-order valence-electron chi connectivity index (χ4n) is 7.06. The summed E-state index contributed by atoms with van der Waals surface area (Å²) in [6, 6.07) is 1.62. The van der Waals surface area contributed by atoms with Crippen molar-refractivity contribution in [3.8, 4) is 0 Å². The minimum Gasteiger partial charge on any atom is -0.460 e. The lowest BCUT2D eigenvalue weighted by Crippen LogP contribution is -2.44. The largest absolute Gasteiger partial charge is 0.460 e. The molecule has 5 aliphatic heterocycles. The molecular formula is C27H25ClF6N6O2. The molecule has 42 heavy (non-hydrogen) atoms. The first-order valence-corrected chi connectivity index (χ1v) is 14.0. The van der Waals surface area contributed by atoms with Crippen LogP contribution in [0.15, 0.2) is 44.5 Å². The summed E-state index contributed by atoms with van der Waals surface area (Å²) in [4.78, 5) is 11.5. The number of rotatable bonds is 3. The van der Waals surface area contributed by atoms with Gasteiger partial charge in [0, 0.05) is 48.3 Å². The van der Waals surface area contributed by atoms with Crippen molar-refractivity contribution >= 4 is 40.3 Å². The third-order valence-corrected chi connectivity index (χ3v) is 9.09. The van der Waals surface area contributed by atoms with Crippen LogP contribution in [0.5, 0.6) is 0 Å². The molecular weight excluding hydrogens is 590 g/mol. The number of aliphatic imine (C=N–C) groups is 1. The van der Waals surface area contributed by atoms with Gasteiger partial charge in [0.1, 0.15) is 37.0 Å². The zero-order chi connectivity index (χ0) is 29.6. The Balaban J connectivity index is 1.38. The van der Waals surface area contributed by atoms with Crippen molar-refractivity contribution in [1.29, 1.82) is 0 Å². The average Bonchev–Trinajstić information content (AvgIpc) is 3.59. The molecule has 2 fully saturated rings. The number of allylic oxidation sites excluding steroid dienone is 2. The molecule has 1 aromatic carbocycles. The molecule has 2 saturated heterocycles. The van der Waals surface area contributed by atoms with Crippen LogP contribution in [0.3, 0.4) is 0 Å². The highest BCUT2D eigenvalue weighted by atomic mass is 35.5. The SMILES string of the molecule is Nc1cc(Cl)c(C(F)(F)F)c(C2=C(F)C3=NC(OC[C@@]45CCCN4C[C@H](F)C5)=NN4CCC(F)C(=C34)C3CON=C23)c1. The summed E-state index contributed by atoms with van der Waals surface area (Å²) >= 11 is 6.01. The van der Waals surface area contributed by atoms with Crippen molar-refractivity contribution in [3.05, 3.63) is 45.4 Å². The number of hydrogen-bond donors (Lipinski definition) is 1. The second-order valence-electron chi connectivity index (χ2n) is 11.3. The molecule has 4 atom stereocenters. The van der Waals surface area contributed by atoms with Gasteiger partial charge in [0.25, 0.3) is 0 Å². The van der Waals surface area contributed by atoms with E-state index in [1.807, 2.05) is 4.90 Å². The van der Waals surface area contributed by atoms with Crippen LogP contribution in [0.4, 0.5) is 32.0 Å². The molecule has 0 radical (unpaired) electrons. The maximum atomic E-state index is 16.8. The first-order valence-electron chi connectivity index (χ1n) is 13.6. The predicted octanol–water partition coefficient (Wildman–Crippen LogP) is 5.25. The number of hydrogen-bond acceptors (Lipinski definition) is 8. The van der Waals surface area contributed by atoms with Crippen molar-refractivity contribution in [1.82, 2.24) is 9.91 Å². The molecule has 2 N–H and O–H groups in total. The summed E-state index contributed by atoms with van der Waals surface area (Å²) in [6.45, 7) is 0.873. The minimum absolute atomic E-state index is 0.00861. The smallest absolute Gasteiger partial charge is 0.418 e. The Morgan fingerprint density at radius 3 is 2.81 bits per heavy atom. The fraction of sp³-hybridized carbons (Fsp3) is 0.519. The summed E-state index contributed by atoms with van der Waals surface area (Å²) in [5, 5.41) is 8.90. The van der Waals surface area contributed by atoms with Gasteiger partial charge in [-0.2, -0.15) is 18.2 Å². The number of oxime groups is 1. The molecule has 5 heterocycles. The lowest BCUT2D eigenvalue weighted by atomic mass is 9.83. The number of amidine groups is 1. The van der Waals surface area contributed by atoms with E-state index in [1.165, 1.54) is 5.01 Å². The molecule has 0 amide bonds. The van der Waals surface area contributed by atoms with E-state index in [1.54, 1.807) is 0 Å². The molecule has 0 bridgehead atoms. The Hall–Kier alpha value is -3.26. The van der Waals surface area contributed by atoms with Crippen LogP contribution < -0.4 is 5.73 Å². The van der Waals surface area contributed by atoms with E-state index in [0.29, 0.717) is 13.0 Å². The van der Waals surface area contributed by atoms with Gasteiger partial charge in [0.2, 0.25) is 0 Å². The van der Waals surface area contributed by atoms with Gasteiger partial charge in [0.15, 0.2) is 5.83 Å². The van der Waals surface area contributed by atoms with Crippen molar-refractivity contribution in [2.45, 2.75) is 49.7 Å². The Morgan fingerprint density at radius 1 is 1.21 bits per heavy atom. The topological polar surface area (TPSA) is 88.0 Å². The highest BCUT2D eigenvalue weighted by Gasteiger charge is 2.51. The predicted molar refractivity (Wildman–Crippen MR) is 143 cm³/mol. The highest BCUT2D eigenvalue weighted by molar-refractivity contribution is 6.37. The van der Waals surface area contributed by atoms with Crippen LogP contribution >= 0.6 is 11.6 Å². The lowest BCUT2D eigenvalue weighted by Gasteiger charge is -2.36. The number of hydrazone groups is 1. The molecule has 1 aliphatic carbocycles. The molecule has 8 nitrogen and oxygen atoms in total. The van der Waals surface area contributed by atoms with Gasteiger partial charge in [-0.1, -0.05) is 16.8 Å². The minimum atomic E-state index is -5.00. The standard InChI is InChI=1S/C27H25ClF6N6O2/c28-16-7-13(35)6-14(20(16)27(32,33)34)19-21(31)23-24-18(15-10-42-38-22(15)19)17(30)2-5-40(24)37-25(36-23)41-11-26-3-1-4-39(26)9-12(29)8-26/h6-7,12,15,17H,1-5,8-11,35H2/t12-,15?,17?,26+/m1/s1. The van der Waals surface area contributed by atoms with Crippen molar-refractivity contribution in [3.63, 3.8) is 0 Å². The monoisotopic (exact) mass is 614 g/mol. The van der Waals surface area contributed by atoms with E-state index in [0.717, 1.165) is 25.1 Å². The van der Waals surface area contributed by atoms with Crippen molar-refractivity contribution in [2.24, 2.45) is 21.2 Å². The highest BCUT2D eigenvalue weighted by Crippen LogP contribution is 2.48. The van der Waals surface area contributed by atoms with Gasteiger partial charge in [-0.25, -0.2) is 13.2 Å². The molecule has 6 aliphatic rings. The van der Waals surface area contributed by atoms with Crippen LogP contribution in [0.2, 0.25) is 5.02 Å².